The Morgan fingerprint density at radius 1 is 1.32 bits per heavy atom. The molecule has 0 aliphatic carbocycles. The van der Waals surface area contributed by atoms with E-state index in [-0.39, 0.29) is 17.6 Å². The van der Waals surface area contributed by atoms with Gasteiger partial charge in [0, 0.05) is 5.70 Å². The number of ether oxygens (including phenoxy) is 1. The number of anilines is 1. The topological polar surface area (TPSA) is 90.1 Å². The van der Waals surface area contributed by atoms with E-state index in [1.165, 1.54) is 12.4 Å². The molecule has 0 bridgehead atoms. The molecule has 0 aliphatic heterocycles. The fraction of sp³-hybridized carbons (Fsp3) is 0.316. The lowest BCUT2D eigenvalue weighted by molar-refractivity contribution is -0.112. The first-order valence-electron chi connectivity index (χ1n) is 7.98. The van der Waals surface area contributed by atoms with Gasteiger partial charge in [-0.1, -0.05) is 30.4 Å². The van der Waals surface area contributed by atoms with Crippen LogP contribution >= 0.6 is 0 Å². The number of aromatic nitrogens is 2. The number of ketones is 1. The predicted octanol–water partition coefficient (Wildman–Crippen LogP) is 3.51. The second-order valence-electron chi connectivity index (χ2n) is 5.98. The molecule has 0 radical (unpaired) electrons. The van der Waals surface area contributed by atoms with Gasteiger partial charge in [0.1, 0.15) is 5.70 Å². The van der Waals surface area contributed by atoms with Crippen LogP contribution in [0.2, 0.25) is 0 Å². The van der Waals surface area contributed by atoms with Crippen LogP contribution in [0, 0.1) is 0 Å². The van der Waals surface area contributed by atoms with Gasteiger partial charge in [-0.25, -0.2) is 0 Å². The highest BCUT2D eigenvalue weighted by atomic mass is 16.5. The van der Waals surface area contributed by atoms with E-state index in [1.54, 1.807) is 26.0 Å². The number of rotatable bonds is 8. The molecule has 0 fully saturated rings. The Morgan fingerprint density at radius 3 is 2.56 bits per heavy atom. The van der Waals surface area contributed by atoms with Gasteiger partial charge in [0.05, 0.1) is 18.5 Å². The van der Waals surface area contributed by atoms with Gasteiger partial charge in [-0.3, -0.25) is 9.78 Å². The van der Waals surface area contributed by atoms with Gasteiger partial charge >= 0.3 is 0 Å². The summed E-state index contributed by atoms with van der Waals surface area (Å²) in [7, 11) is 0. The van der Waals surface area contributed by atoms with Crippen LogP contribution in [0.25, 0.3) is 0 Å². The van der Waals surface area contributed by atoms with E-state index >= 15 is 0 Å². The molecule has 3 N–H and O–H groups in total. The summed E-state index contributed by atoms with van der Waals surface area (Å²) in [6, 6.07) is 0. The minimum absolute atomic E-state index is 0.0253. The van der Waals surface area contributed by atoms with E-state index in [2.05, 4.69) is 21.9 Å². The summed E-state index contributed by atoms with van der Waals surface area (Å²) in [5, 5.41) is 2.94. The van der Waals surface area contributed by atoms with Gasteiger partial charge in [-0.15, -0.1) is 0 Å². The average molecular weight is 342 g/mol. The number of Topliss-reactive ketones (excluding diaryl/α,β-unsaturated/α-hetero) is 1. The van der Waals surface area contributed by atoms with Crippen LogP contribution in [-0.2, 0) is 4.79 Å². The van der Waals surface area contributed by atoms with Crippen LogP contribution in [-0.4, -0.2) is 21.9 Å². The summed E-state index contributed by atoms with van der Waals surface area (Å²) in [5.74, 6) is 0.540. The summed E-state index contributed by atoms with van der Waals surface area (Å²) in [5.41, 5.74) is 7.93. The Hall–Kier alpha value is -2.89. The van der Waals surface area contributed by atoms with Crippen molar-refractivity contribution >= 4 is 11.6 Å². The van der Waals surface area contributed by atoms with Gasteiger partial charge in [0.15, 0.2) is 5.82 Å². The third kappa shape index (κ3) is 7.03. The van der Waals surface area contributed by atoms with Gasteiger partial charge in [0.2, 0.25) is 11.7 Å². The molecule has 0 aliphatic rings. The van der Waals surface area contributed by atoms with Crippen molar-refractivity contribution in [3.63, 3.8) is 0 Å². The van der Waals surface area contributed by atoms with Crippen LogP contribution < -0.4 is 15.8 Å². The van der Waals surface area contributed by atoms with Gasteiger partial charge in [0.25, 0.3) is 0 Å². The van der Waals surface area contributed by atoms with Gasteiger partial charge in [-0.2, -0.15) is 4.98 Å². The molecule has 0 spiro atoms. The SMILES string of the molecule is C=C(C)C=C/C=C(\C)C(=O)/C(Nc1cncc(OC(C)C)n1)=C(/C)N. The zero-order valence-electron chi connectivity index (χ0n) is 15.5. The van der Waals surface area contributed by atoms with Crippen LogP contribution in [0.1, 0.15) is 34.6 Å². The molecule has 1 aromatic heterocycles. The normalized spacial score (nSPS) is 13.0. The Labute approximate surface area is 149 Å². The lowest BCUT2D eigenvalue weighted by Gasteiger charge is -2.13. The molecule has 6 heteroatoms. The van der Waals surface area contributed by atoms with Crippen LogP contribution in [0.5, 0.6) is 5.88 Å². The zero-order chi connectivity index (χ0) is 19.0. The van der Waals surface area contributed by atoms with Crippen molar-refractivity contribution in [3.8, 4) is 5.88 Å². The van der Waals surface area contributed by atoms with E-state index in [1.807, 2.05) is 26.8 Å². The summed E-state index contributed by atoms with van der Waals surface area (Å²) in [6.07, 6.45) is 8.30. The van der Waals surface area contributed by atoms with Crippen molar-refractivity contribution < 1.29 is 9.53 Å². The molecule has 6 nitrogen and oxygen atoms in total. The first-order valence-corrected chi connectivity index (χ1v) is 7.98. The smallest absolute Gasteiger partial charge is 0.234 e. The van der Waals surface area contributed by atoms with E-state index in [0.29, 0.717) is 23.0 Å². The number of hydrogen-bond acceptors (Lipinski definition) is 6. The van der Waals surface area contributed by atoms with Crippen molar-refractivity contribution in [3.05, 3.63) is 59.7 Å². The number of carbonyl (C=O) groups excluding carboxylic acids is 1. The molecule has 0 saturated heterocycles. The molecule has 25 heavy (non-hydrogen) atoms. The molecular formula is C19H26N4O2. The molecule has 0 amide bonds. The number of nitrogens with one attached hydrogen (secondary N) is 1. The predicted molar refractivity (Wildman–Crippen MR) is 101 cm³/mol. The maximum Gasteiger partial charge on any atom is 0.234 e. The molecule has 0 saturated carbocycles. The number of hydrogen-bond donors (Lipinski definition) is 2. The molecule has 1 heterocycles. The number of nitrogens with two attached hydrogens (primary N) is 1. The van der Waals surface area contributed by atoms with E-state index < -0.39 is 0 Å². The third-order valence-electron chi connectivity index (χ3n) is 2.93. The maximum atomic E-state index is 12.6. The van der Waals surface area contributed by atoms with Crippen LogP contribution in [0.15, 0.2) is 59.7 Å². The summed E-state index contributed by atoms with van der Waals surface area (Å²) < 4.78 is 5.51. The number of carbonyl (C=O) groups is 1. The second-order valence-corrected chi connectivity index (χ2v) is 5.98. The van der Waals surface area contributed by atoms with Gasteiger partial charge < -0.3 is 15.8 Å². The maximum absolute atomic E-state index is 12.6. The van der Waals surface area contributed by atoms with Crippen molar-refractivity contribution in [1.82, 2.24) is 9.97 Å². The number of nitrogens with zero attached hydrogens (tertiary/aromatic N) is 2. The fourth-order valence-electron chi connectivity index (χ4n) is 1.80. The second kappa shape index (κ2) is 9.42. The zero-order valence-corrected chi connectivity index (χ0v) is 15.5. The van der Waals surface area contributed by atoms with E-state index in [9.17, 15) is 4.79 Å². The Bertz CT molecular complexity index is 727. The molecule has 1 aromatic rings. The molecule has 0 atom stereocenters. The first-order chi connectivity index (χ1) is 11.7. The quantitative estimate of drug-likeness (QED) is 0.555. The number of allylic oxidation sites excluding steroid dienone is 6. The Balaban J connectivity index is 3.01. The highest BCUT2D eigenvalue weighted by Gasteiger charge is 2.15. The van der Waals surface area contributed by atoms with Gasteiger partial charge in [-0.05, 0) is 40.2 Å². The van der Waals surface area contributed by atoms with Crippen molar-refractivity contribution in [2.45, 2.75) is 40.7 Å². The molecule has 134 valence electrons. The van der Waals surface area contributed by atoms with Crippen molar-refractivity contribution in [2.24, 2.45) is 5.73 Å². The average Bonchev–Trinajstić information content (AvgIpc) is 2.51. The highest BCUT2D eigenvalue weighted by Crippen LogP contribution is 2.16. The standard InChI is InChI=1S/C19H26N4O2/c1-12(2)8-7-9-14(5)19(24)18(15(6)20)23-16-10-21-11-17(22-16)25-13(3)4/h7-11,13H,1,20H2,2-6H3,(H,22,23)/b8-7?,14-9+,18-15+. The first kappa shape index (κ1) is 20.2. The minimum Gasteiger partial charge on any atom is -0.474 e. The summed E-state index contributed by atoms with van der Waals surface area (Å²) in [6.45, 7) is 12.8. The largest absolute Gasteiger partial charge is 0.474 e. The summed E-state index contributed by atoms with van der Waals surface area (Å²) in [4.78, 5) is 21.0. The fourth-order valence-corrected chi connectivity index (χ4v) is 1.80. The third-order valence-corrected chi connectivity index (χ3v) is 2.93. The Morgan fingerprint density at radius 2 is 2.00 bits per heavy atom. The molecule has 0 unspecified atom stereocenters. The monoisotopic (exact) mass is 342 g/mol. The van der Waals surface area contributed by atoms with Crippen molar-refractivity contribution in [2.75, 3.05) is 5.32 Å². The molecule has 1 rings (SSSR count). The van der Waals surface area contributed by atoms with Crippen LogP contribution in [0.4, 0.5) is 5.82 Å². The Kier molecular flexibility index (Phi) is 7.59. The highest BCUT2D eigenvalue weighted by molar-refractivity contribution is 6.10. The van der Waals surface area contributed by atoms with Crippen molar-refractivity contribution in [1.29, 1.82) is 0 Å². The molecular weight excluding hydrogens is 316 g/mol. The minimum atomic E-state index is -0.219. The lowest BCUT2D eigenvalue weighted by Crippen LogP contribution is -2.18. The summed E-state index contributed by atoms with van der Waals surface area (Å²) >= 11 is 0. The van der Waals surface area contributed by atoms with E-state index in [4.69, 9.17) is 10.5 Å². The van der Waals surface area contributed by atoms with E-state index in [0.717, 1.165) is 5.57 Å². The van der Waals surface area contributed by atoms with Crippen LogP contribution in [0.3, 0.4) is 0 Å². The lowest BCUT2D eigenvalue weighted by atomic mass is 10.1. The molecule has 0 aromatic carbocycles.